The zero-order valence-corrected chi connectivity index (χ0v) is 15.9. The van der Waals surface area contributed by atoms with Crippen LogP contribution in [-0.4, -0.2) is 44.5 Å². The summed E-state index contributed by atoms with van der Waals surface area (Å²) >= 11 is 0. The van der Waals surface area contributed by atoms with Gasteiger partial charge in [0.05, 0.1) is 11.5 Å². The SMILES string of the molecule is CN=C(NCC1(C(=O)N(C)C)CCCC1)NC(C)c1ccc(F)cc1F. The lowest BCUT2D eigenvalue weighted by atomic mass is 9.84. The van der Waals surface area contributed by atoms with E-state index in [1.165, 1.54) is 12.1 Å². The molecule has 0 saturated heterocycles. The lowest BCUT2D eigenvalue weighted by Crippen LogP contribution is -2.49. The number of benzene rings is 1. The van der Waals surface area contributed by atoms with Crippen LogP contribution in [0.15, 0.2) is 23.2 Å². The van der Waals surface area contributed by atoms with E-state index in [4.69, 9.17) is 0 Å². The van der Waals surface area contributed by atoms with Crippen LogP contribution in [0.5, 0.6) is 0 Å². The van der Waals surface area contributed by atoms with Crippen LogP contribution in [0.4, 0.5) is 8.78 Å². The monoisotopic (exact) mass is 366 g/mol. The summed E-state index contributed by atoms with van der Waals surface area (Å²) in [6, 6.07) is 3.12. The number of nitrogens with one attached hydrogen (secondary N) is 2. The van der Waals surface area contributed by atoms with Gasteiger partial charge >= 0.3 is 0 Å². The standard InChI is InChI=1S/C19H28F2N4O/c1-13(15-8-7-14(20)11-16(15)21)24-18(22-2)23-12-19(9-5-6-10-19)17(26)25(3)4/h7-8,11,13H,5-6,9-10,12H2,1-4H3,(H2,22,23,24). The smallest absolute Gasteiger partial charge is 0.230 e. The first-order chi connectivity index (χ1) is 12.3. The molecule has 1 atom stereocenters. The van der Waals surface area contributed by atoms with E-state index in [1.54, 1.807) is 33.0 Å². The molecule has 1 saturated carbocycles. The van der Waals surface area contributed by atoms with Gasteiger partial charge in [-0.3, -0.25) is 9.79 Å². The number of halogens is 2. The number of amides is 1. The highest BCUT2D eigenvalue weighted by Gasteiger charge is 2.42. The van der Waals surface area contributed by atoms with Gasteiger partial charge in [0.25, 0.3) is 0 Å². The predicted octanol–water partition coefficient (Wildman–Crippen LogP) is 2.84. The number of carbonyl (C=O) groups is 1. The normalized spacial score (nSPS) is 17.7. The number of guanidine groups is 1. The average Bonchev–Trinajstić information content (AvgIpc) is 3.07. The second-order valence-electron chi connectivity index (χ2n) is 7.14. The van der Waals surface area contributed by atoms with Crippen LogP contribution in [0.1, 0.15) is 44.2 Å². The largest absolute Gasteiger partial charge is 0.355 e. The van der Waals surface area contributed by atoms with Gasteiger partial charge in [0, 0.05) is 39.3 Å². The lowest BCUT2D eigenvalue weighted by Gasteiger charge is -2.31. The summed E-state index contributed by atoms with van der Waals surface area (Å²) in [6.07, 6.45) is 3.75. The predicted molar refractivity (Wildman–Crippen MR) is 98.9 cm³/mol. The van der Waals surface area contributed by atoms with E-state index in [2.05, 4.69) is 15.6 Å². The molecule has 1 aromatic carbocycles. The van der Waals surface area contributed by atoms with Crippen LogP contribution < -0.4 is 10.6 Å². The molecule has 1 aromatic rings. The summed E-state index contributed by atoms with van der Waals surface area (Å²) in [5.41, 5.74) is -0.0693. The van der Waals surface area contributed by atoms with E-state index in [0.717, 1.165) is 31.7 Å². The fraction of sp³-hybridized carbons (Fsp3) is 0.579. The van der Waals surface area contributed by atoms with E-state index in [0.29, 0.717) is 18.1 Å². The molecular formula is C19H28F2N4O. The van der Waals surface area contributed by atoms with Crippen molar-refractivity contribution in [3.63, 3.8) is 0 Å². The van der Waals surface area contributed by atoms with Crippen LogP contribution in [-0.2, 0) is 4.79 Å². The third kappa shape index (κ3) is 4.51. The molecule has 1 aliphatic carbocycles. The van der Waals surface area contributed by atoms with Crippen molar-refractivity contribution in [2.45, 2.75) is 38.6 Å². The van der Waals surface area contributed by atoms with E-state index in [9.17, 15) is 13.6 Å². The molecule has 5 nitrogen and oxygen atoms in total. The first-order valence-corrected chi connectivity index (χ1v) is 8.93. The molecular weight excluding hydrogens is 338 g/mol. The van der Waals surface area contributed by atoms with Crippen LogP contribution in [0, 0.1) is 17.0 Å². The number of aliphatic imine (C=N–C) groups is 1. The Labute approximate surface area is 153 Å². The molecule has 0 bridgehead atoms. The van der Waals surface area contributed by atoms with Crippen molar-refractivity contribution < 1.29 is 13.6 Å². The molecule has 1 unspecified atom stereocenters. The number of hydrogen-bond acceptors (Lipinski definition) is 2. The van der Waals surface area contributed by atoms with Gasteiger partial charge in [0.15, 0.2) is 5.96 Å². The summed E-state index contributed by atoms with van der Waals surface area (Å²) in [7, 11) is 5.17. The molecule has 144 valence electrons. The van der Waals surface area contributed by atoms with Gasteiger partial charge in [0.1, 0.15) is 11.6 Å². The van der Waals surface area contributed by atoms with Crippen molar-refractivity contribution in [3.05, 3.63) is 35.4 Å². The van der Waals surface area contributed by atoms with Gasteiger partial charge in [-0.15, -0.1) is 0 Å². The Morgan fingerprint density at radius 1 is 1.31 bits per heavy atom. The van der Waals surface area contributed by atoms with Crippen molar-refractivity contribution in [2.75, 3.05) is 27.7 Å². The molecule has 1 aliphatic rings. The first-order valence-electron chi connectivity index (χ1n) is 8.93. The topological polar surface area (TPSA) is 56.7 Å². The van der Waals surface area contributed by atoms with Crippen LogP contribution in [0.2, 0.25) is 0 Å². The van der Waals surface area contributed by atoms with Crippen molar-refractivity contribution in [2.24, 2.45) is 10.4 Å². The van der Waals surface area contributed by atoms with E-state index in [1.807, 2.05) is 0 Å². The van der Waals surface area contributed by atoms with Crippen molar-refractivity contribution >= 4 is 11.9 Å². The summed E-state index contributed by atoms with van der Waals surface area (Å²) in [5, 5.41) is 6.32. The third-order valence-corrected chi connectivity index (χ3v) is 5.02. The zero-order chi connectivity index (χ0) is 19.3. The van der Waals surface area contributed by atoms with Gasteiger partial charge < -0.3 is 15.5 Å². The van der Waals surface area contributed by atoms with Crippen LogP contribution >= 0.6 is 0 Å². The highest BCUT2D eigenvalue weighted by Crippen LogP contribution is 2.38. The molecule has 7 heteroatoms. The molecule has 1 fully saturated rings. The third-order valence-electron chi connectivity index (χ3n) is 5.02. The molecule has 1 amide bonds. The maximum absolute atomic E-state index is 14.0. The molecule has 0 radical (unpaired) electrons. The summed E-state index contributed by atoms with van der Waals surface area (Å²) in [4.78, 5) is 18.4. The molecule has 2 N–H and O–H groups in total. The van der Waals surface area contributed by atoms with Crippen LogP contribution in [0.3, 0.4) is 0 Å². The minimum Gasteiger partial charge on any atom is -0.355 e. The number of hydrogen-bond donors (Lipinski definition) is 2. The average molecular weight is 366 g/mol. The van der Waals surface area contributed by atoms with E-state index in [-0.39, 0.29) is 5.91 Å². The Hall–Kier alpha value is -2.18. The maximum atomic E-state index is 14.0. The maximum Gasteiger partial charge on any atom is 0.230 e. The molecule has 0 spiro atoms. The minimum absolute atomic E-state index is 0.121. The Bertz CT molecular complexity index is 670. The van der Waals surface area contributed by atoms with E-state index < -0.39 is 23.1 Å². The molecule has 0 heterocycles. The van der Waals surface area contributed by atoms with Gasteiger partial charge in [-0.05, 0) is 25.8 Å². The Morgan fingerprint density at radius 2 is 1.96 bits per heavy atom. The van der Waals surface area contributed by atoms with Gasteiger partial charge in [-0.25, -0.2) is 8.78 Å². The summed E-state index contributed by atoms with van der Waals surface area (Å²) in [6.45, 7) is 2.25. The Balaban J connectivity index is 2.04. The Kier molecular flexibility index (Phi) is 6.56. The fourth-order valence-electron chi connectivity index (χ4n) is 3.58. The van der Waals surface area contributed by atoms with E-state index >= 15 is 0 Å². The lowest BCUT2D eigenvalue weighted by molar-refractivity contribution is -0.138. The summed E-state index contributed by atoms with van der Waals surface area (Å²) < 4.78 is 27.0. The highest BCUT2D eigenvalue weighted by atomic mass is 19.1. The molecule has 2 rings (SSSR count). The number of carbonyl (C=O) groups excluding carboxylic acids is 1. The highest BCUT2D eigenvalue weighted by molar-refractivity contribution is 5.85. The van der Waals surface area contributed by atoms with Gasteiger partial charge in [0.2, 0.25) is 5.91 Å². The minimum atomic E-state index is -0.605. The van der Waals surface area contributed by atoms with Crippen molar-refractivity contribution in [1.82, 2.24) is 15.5 Å². The summed E-state index contributed by atoms with van der Waals surface area (Å²) in [5.74, 6) is -0.600. The van der Waals surface area contributed by atoms with Crippen molar-refractivity contribution in [1.29, 1.82) is 0 Å². The second-order valence-corrected chi connectivity index (χ2v) is 7.14. The molecule has 0 aromatic heterocycles. The second kappa shape index (κ2) is 8.47. The Morgan fingerprint density at radius 3 is 2.50 bits per heavy atom. The number of rotatable bonds is 5. The van der Waals surface area contributed by atoms with Crippen LogP contribution in [0.25, 0.3) is 0 Å². The van der Waals surface area contributed by atoms with Gasteiger partial charge in [-0.2, -0.15) is 0 Å². The van der Waals surface area contributed by atoms with Crippen molar-refractivity contribution in [3.8, 4) is 0 Å². The first kappa shape index (κ1) is 20.1. The quantitative estimate of drug-likeness (QED) is 0.622. The number of nitrogens with zero attached hydrogens (tertiary/aromatic N) is 2. The molecule has 0 aliphatic heterocycles. The molecule has 26 heavy (non-hydrogen) atoms. The van der Waals surface area contributed by atoms with Gasteiger partial charge in [-0.1, -0.05) is 18.9 Å². The zero-order valence-electron chi connectivity index (χ0n) is 15.9. The fourth-order valence-corrected chi connectivity index (χ4v) is 3.58.